The number of ether oxygens (including phenoxy) is 1. The summed E-state index contributed by atoms with van der Waals surface area (Å²) in [6.45, 7) is 5.37. The molecule has 0 unspecified atom stereocenters. The van der Waals surface area contributed by atoms with E-state index < -0.39 is 12.1 Å². The molecule has 0 aromatic carbocycles. The van der Waals surface area contributed by atoms with Gasteiger partial charge in [-0.25, -0.2) is 4.79 Å². The maximum absolute atomic E-state index is 11.7. The quantitative estimate of drug-likeness (QED) is 0.847. The van der Waals surface area contributed by atoms with Gasteiger partial charge in [-0.15, -0.1) is 0 Å². The molecule has 0 bridgehead atoms. The summed E-state index contributed by atoms with van der Waals surface area (Å²) in [7, 11) is 1.58. The third-order valence-electron chi connectivity index (χ3n) is 4.42. The first-order valence-corrected chi connectivity index (χ1v) is 8.90. The van der Waals surface area contributed by atoms with Gasteiger partial charge in [0.05, 0.1) is 0 Å². The van der Waals surface area contributed by atoms with E-state index >= 15 is 0 Å². The molecular formula is C16H21F3N2O4S. The van der Waals surface area contributed by atoms with Gasteiger partial charge in [0.25, 0.3) is 0 Å². The van der Waals surface area contributed by atoms with Crippen LogP contribution in [0, 0.1) is 5.41 Å². The summed E-state index contributed by atoms with van der Waals surface area (Å²) in [6.07, 6.45) is -3.87. The Balaban J connectivity index is 0.000000298. The van der Waals surface area contributed by atoms with Gasteiger partial charge in [-0.05, 0) is 35.4 Å². The average Bonchev–Trinajstić information content (AvgIpc) is 3.16. The fraction of sp³-hybridized carbons (Fsp3) is 0.625. The van der Waals surface area contributed by atoms with Crippen LogP contribution in [-0.2, 0) is 20.9 Å². The van der Waals surface area contributed by atoms with Crippen molar-refractivity contribution in [2.75, 3.05) is 39.9 Å². The maximum atomic E-state index is 11.7. The normalized spacial score (nSPS) is 19.0. The number of amides is 1. The van der Waals surface area contributed by atoms with E-state index in [1.807, 2.05) is 4.90 Å². The highest BCUT2D eigenvalue weighted by atomic mass is 32.1. The summed E-state index contributed by atoms with van der Waals surface area (Å²) in [4.78, 5) is 25.0. The molecular weight excluding hydrogens is 373 g/mol. The first-order chi connectivity index (χ1) is 12.1. The molecule has 0 atom stereocenters. The smallest absolute Gasteiger partial charge is 0.475 e. The van der Waals surface area contributed by atoms with E-state index in [0.29, 0.717) is 5.41 Å². The van der Waals surface area contributed by atoms with Crippen molar-refractivity contribution in [3.63, 3.8) is 0 Å². The van der Waals surface area contributed by atoms with E-state index in [1.165, 1.54) is 12.0 Å². The Morgan fingerprint density at radius 3 is 2.50 bits per heavy atom. The van der Waals surface area contributed by atoms with Crippen molar-refractivity contribution in [2.24, 2.45) is 5.41 Å². The Kier molecular flexibility index (Phi) is 6.64. The van der Waals surface area contributed by atoms with Crippen molar-refractivity contribution in [1.82, 2.24) is 9.80 Å². The topological polar surface area (TPSA) is 70.1 Å². The Morgan fingerprint density at radius 2 is 2.00 bits per heavy atom. The molecule has 3 heterocycles. The van der Waals surface area contributed by atoms with Gasteiger partial charge in [-0.2, -0.15) is 24.5 Å². The average molecular weight is 394 g/mol. The van der Waals surface area contributed by atoms with Gasteiger partial charge in [0, 0.05) is 38.7 Å². The summed E-state index contributed by atoms with van der Waals surface area (Å²) in [5, 5.41) is 11.5. The number of carbonyl (C=O) groups excluding carboxylic acids is 1. The molecule has 146 valence electrons. The molecule has 1 spiro atoms. The van der Waals surface area contributed by atoms with Gasteiger partial charge >= 0.3 is 12.1 Å². The van der Waals surface area contributed by atoms with Gasteiger partial charge in [-0.1, -0.05) is 0 Å². The number of hydrogen-bond acceptors (Lipinski definition) is 5. The van der Waals surface area contributed by atoms with Crippen LogP contribution in [0.2, 0.25) is 0 Å². The zero-order chi connectivity index (χ0) is 19.4. The second-order valence-electron chi connectivity index (χ2n) is 6.58. The van der Waals surface area contributed by atoms with E-state index in [-0.39, 0.29) is 12.5 Å². The third kappa shape index (κ3) is 5.42. The van der Waals surface area contributed by atoms with Gasteiger partial charge in [0.2, 0.25) is 5.91 Å². The van der Waals surface area contributed by atoms with Crippen molar-refractivity contribution < 1.29 is 32.6 Å². The summed E-state index contributed by atoms with van der Waals surface area (Å²) >= 11 is 1.76. The van der Waals surface area contributed by atoms with E-state index in [9.17, 15) is 18.0 Å². The molecule has 2 aliphatic rings. The van der Waals surface area contributed by atoms with Crippen LogP contribution in [-0.4, -0.2) is 72.9 Å². The zero-order valence-corrected chi connectivity index (χ0v) is 15.1. The second-order valence-corrected chi connectivity index (χ2v) is 7.36. The summed E-state index contributed by atoms with van der Waals surface area (Å²) in [5.74, 6) is -2.63. The highest BCUT2D eigenvalue weighted by Crippen LogP contribution is 2.40. The minimum atomic E-state index is -5.08. The lowest BCUT2D eigenvalue weighted by Crippen LogP contribution is -2.60. The number of likely N-dealkylation sites (tertiary alicyclic amines) is 2. The number of hydrogen-bond donors (Lipinski definition) is 1. The fourth-order valence-corrected chi connectivity index (χ4v) is 3.88. The van der Waals surface area contributed by atoms with Crippen LogP contribution in [0.15, 0.2) is 16.8 Å². The number of carbonyl (C=O) groups is 2. The molecule has 1 amide bonds. The number of carboxylic acids is 1. The molecule has 0 aliphatic carbocycles. The molecule has 1 N–H and O–H groups in total. The van der Waals surface area contributed by atoms with E-state index in [2.05, 4.69) is 21.7 Å². The van der Waals surface area contributed by atoms with Crippen molar-refractivity contribution >= 4 is 23.2 Å². The second kappa shape index (κ2) is 8.36. The minimum Gasteiger partial charge on any atom is -0.475 e. The Morgan fingerprint density at radius 1 is 1.35 bits per heavy atom. The van der Waals surface area contributed by atoms with Crippen LogP contribution >= 0.6 is 11.3 Å². The van der Waals surface area contributed by atoms with Crippen LogP contribution in [0.25, 0.3) is 0 Å². The lowest BCUT2D eigenvalue weighted by Gasteiger charge is -2.48. The zero-order valence-electron chi connectivity index (χ0n) is 14.3. The van der Waals surface area contributed by atoms with E-state index in [0.717, 1.165) is 32.7 Å². The number of carboxylic acid groups (broad SMARTS) is 1. The van der Waals surface area contributed by atoms with Crippen LogP contribution in [0.3, 0.4) is 0 Å². The van der Waals surface area contributed by atoms with E-state index in [1.54, 1.807) is 18.4 Å². The van der Waals surface area contributed by atoms with Crippen molar-refractivity contribution in [3.05, 3.63) is 22.4 Å². The molecule has 2 aliphatic heterocycles. The standard InChI is InChI=1S/C14H20N2O2S.C2HF3O2/c1-18-7-13(17)16-10-14(11-16)3-4-15(9-14)6-12-2-5-19-8-12;3-2(4,5)1(6)7/h2,5,8H,3-4,6-7,9-11H2,1H3;(H,6,7). The molecule has 2 fully saturated rings. The molecule has 2 saturated heterocycles. The molecule has 1 aromatic rings. The number of halogens is 3. The van der Waals surface area contributed by atoms with Gasteiger partial charge in [0.15, 0.2) is 0 Å². The highest BCUT2D eigenvalue weighted by molar-refractivity contribution is 7.07. The van der Waals surface area contributed by atoms with Crippen LogP contribution in [0.5, 0.6) is 0 Å². The number of methoxy groups -OCH3 is 1. The summed E-state index contributed by atoms with van der Waals surface area (Å²) < 4.78 is 36.6. The summed E-state index contributed by atoms with van der Waals surface area (Å²) in [6, 6.07) is 2.20. The fourth-order valence-electron chi connectivity index (χ4n) is 3.22. The minimum absolute atomic E-state index is 0.129. The molecule has 26 heavy (non-hydrogen) atoms. The maximum Gasteiger partial charge on any atom is 0.490 e. The van der Waals surface area contributed by atoms with Gasteiger partial charge in [0.1, 0.15) is 6.61 Å². The number of nitrogens with zero attached hydrogens (tertiary/aromatic N) is 2. The van der Waals surface area contributed by atoms with Gasteiger partial charge in [-0.3, -0.25) is 9.69 Å². The SMILES string of the molecule is COCC(=O)N1CC2(CCN(Cc3ccsc3)C2)C1.O=C(O)C(F)(F)F. The Labute approximate surface area is 153 Å². The van der Waals surface area contributed by atoms with Crippen molar-refractivity contribution in [1.29, 1.82) is 0 Å². The molecule has 0 saturated carbocycles. The van der Waals surface area contributed by atoms with Crippen LogP contribution < -0.4 is 0 Å². The van der Waals surface area contributed by atoms with Crippen molar-refractivity contribution in [3.8, 4) is 0 Å². The predicted octanol–water partition coefficient (Wildman–Crippen LogP) is 2.06. The van der Waals surface area contributed by atoms with E-state index in [4.69, 9.17) is 14.6 Å². The number of thiophene rings is 1. The van der Waals surface area contributed by atoms with Crippen LogP contribution in [0.1, 0.15) is 12.0 Å². The lowest BCUT2D eigenvalue weighted by atomic mass is 9.79. The van der Waals surface area contributed by atoms with Crippen LogP contribution in [0.4, 0.5) is 13.2 Å². The Bertz CT molecular complexity index is 616. The highest BCUT2D eigenvalue weighted by Gasteiger charge is 2.48. The molecule has 10 heteroatoms. The first kappa shape index (κ1) is 20.7. The number of aliphatic carboxylic acids is 1. The largest absolute Gasteiger partial charge is 0.490 e. The first-order valence-electron chi connectivity index (χ1n) is 7.95. The number of rotatable bonds is 4. The number of alkyl halides is 3. The molecule has 3 rings (SSSR count). The summed E-state index contributed by atoms with van der Waals surface area (Å²) in [5.41, 5.74) is 1.77. The van der Waals surface area contributed by atoms with Gasteiger partial charge < -0.3 is 14.7 Å². The predicted molar refractivity (Wildman–Crippen MR) is 88.8 cm³/mol. The third-order valence-corrected chi connectivity index (χ3v) is 5.15. The lowest BCUT2D eigenvalue weighted by molar-refractivity contribution is -0.192. The molecule has 6 nitrogen and oxygen atoms in total. The Hall–Kier alpha value is -1.65. The van der Waals surface area contributed by atoms with Crippen molar-refractivity contribution in [2.45, 2.75) is 19.1 Å². The molecule has 1 aromatic heterocycles. The molecule has 0 radical (unpaired) electrons. The monoisotopic (exact) mass is 394 g/mol.